The summed E-state index contributed by atoms with van der Waals surface area (Å²) in [6, 6.07) is 15.7. The third-order valence-electron chi connectivity index (χ3n) is 8.66. The molecule has 0 bridgehead atoms. The first-order chi connectivity index (χ1) is 19.6. The van der Waals surface area contributed by atoms with E-state index >= 15 is 0 Å². The largest absolute Gasteiger partial charge is 0.461 e. The van der Waals surface area contributed by atoms with E-state index in [2.05, 4.69) is 0 Å². The lowest BCUT2D eigenvalue weighted by Crippen LogP contribution is -2.34. The number of carbonyl (C=O) groups excluding carboxylic acids is 2. The van der Waals surface area contributed by atoms with Gasteiger partial charge in [0, 0.05) is 36.3 Å². The van der Waals surface area contributed by atoms with Crippen molar-refractivity contribution in [3.05, 3.63) is 93.5 Å². The first-order valence-corrected chi connectivity index (χ1v) is 15.2. The van der Waals surface area contributed by atoms with Crippen LogP contribution >= 0.6 is 0 Å². The predicted molar refractivity (Wildman–Crippen MR) is 153 cm³/mol. The standard InChI is InChI=1S/C31H29N3O6S/c1-4-40-29(36)26-15-21-22(24-16-31(24)23-7-5-6-8-25(23)33(30(31)37)19-11-12-19)17-32(3)28(35)27(21)34(26)41(38,39)20-13-9-18(2)10-14-20/h5-10,13-15,17,19,24H,4,11-12,16H2,1-3H3/t24-,31-/m0/s1. The van der Waals surface area contributed by atoms with Gasteiger partial charge in [-0.15, -0.1) is 0 Å². The molecule has 2 saturated carbocycles. The fraction of sp³-hybridized carbons (Fsp3) is 0.323. The smallest absolute Gasteiger partial charge is 0.356 e. The second kappa shape index (κ2) is 8.66. The van der Waals surface area contributed by atoms with Crippen molar-refractivity contribution >= 4 is 38.5 Å². The van der Waals surface area contributed by atoms with Crippen LogP contribution in [0.2, 0.25) is 0 Å². The average Bonchev–Trinajstić information content (AvgIpc) is 3.86. The fourth-order valence-electron chi connectivity index (χ4n) is 6.48. The maximum Gasteiger partial charge on any atom is 0.356 e. The molecule has 1 amide bonds. The molecule has 2 aromatic heterocycles. The molecule has 1 spiro atoms. The van der Waals surface area contributed by atoms with Gasteiger partial charge in [0.05, 0.1) is 16.9 Å². The molecule has 9 nitrogen and oxygen atoms in total. The number of carbonyl (C=O) groups is 2. The van der Waals surface area contributed by atoms with Crippen molar-refractivity contribution in [2.75, 3.05) is 11.5 Å². The molecule has 1 aliphatic heterocycles. The normalized spacial score (nSPS) is 21.5. The van der Waals surface area contributed by atoms with Gasteiger partial charge in [-0.25, -0.2) is 17.2 Å². The minimum absolute atomic E-state index is 0.0316. The predicted octanol–water partition coefficient (Wildman–Crippen LogP) is 4.00. The number of anilines is 1. The molecule has 41 heavy (non-hydrogen) atoms. The van der Waals surface area contributed by atoms with Gasteiger partial charge in [0.2, 0.25) is 5.91 Å². The topological polar surface area (TPSA) is 108 Å². The number of amides is 1. The van der Waals surface area contributed by atoms with Gasteiger partial charge in [0.1, 0.15) is 11.2 Å². The van der Waals surface area contributed by atoms with Crippen molar-refractivity contribution in [3.63, 3.8) is 0 Å². The molecule has 2 aliphatic carbocycles. The van der Waals surface area contributed by atoms with Crippen LogP contribution < -0.4 is 10.5 Å². The highest BCUT2D eigenvalue weighted by molar-refractivity contribution is 7.90. The van der Waals surface area contributed by atoms with Gasteiger partial charge in [0.15, 0.2) is 0 Å². The number of hydrogen-bond donors (Lipinski definition) is 0. The Balaban J connectivity index is 1.47. The van der Waals surface area contributed by atoms with Crippen LogP contribution in [0.25, 0.3) is 10.9 Å². The van der Waals surface area contributed by atoms with Crippen LogP contribution in [-0.2, 0) is 32.0 Å². The number of aromatic nitrogens is 2. The number of fused-ring (bicyclic) bond motifs is 3. The molecule has 2 fully saturated rings. The van der Waals surface area contributed by atoms with E-state index in [0.29, 0.717) is 17.4 Å². The zero-order chi connectivity index (χ0) is 28.8. The summed E-state index contributed by atoms with van der Waals surface area (Å²) in [6.07, 6.45) is 4.14. The molecule has 4 aromatic rings. The summed E-state index contributed by atoms with van der Waals surface area (Å²) in [5.41, 5.74) is 1.68. The molecule has 2 atom stereocenters. The third-order valence-corrected chi connectivity index (χ3v) is 10.4. The van der Waals surface area contributed by atoms with Gasteiger partial charge in [-0.2, -0.15) is 0 Å². The van der Waals surface area contributed by atoms with Crippen LogP contribution in [0.5, 0.6) is 0 Å². The Morgan fingerprint density at radius 1 is 1.07 bits per heavy atom. The van der Waals surface area contributed by atoms with Gasteiger partial charge < -0.3 is 14.2 Å². The van der Waals surface area contributed by atoms with Crippen molar-refractivity contribution in [2.24, 2.45) is 7.05 Å². The van der Waals surface area contributed by atoms with Crippen molar-refractivity contribution in [3.8, 4) is 0 Å². The first kappa shape index (κ1) is 25.8. The maximum atomic E-state index is 14.0. The Hall–Kier alpha value is -4.18. The molecular weight excluding hydrogens is 542 g/mol. The summed E-state index contributed by atoms with van der Waals surface area (Å²) < 4.78 is 35.5. The van der Waals surface area contributed by atoms with E-state index in [9.17, 15) is 22.8 Å². The summed E-state index contributed by atoms with van der Waals surface area (Å²) in [5.74, 6) is -1.09. The minimum Gasteiger partial charge on any atom is -0.461 e. The van der Waals surface area contributed by atoms with Crippen LogP contribution in [0, 0.1) is 6.92 Å². The molecule has 7 rings (SSSR count). The van der Waals surface area contributed by atoms with Crippen LogP contribution in [0.15, 0.2) is 70.5 Å². The fourth-order valence-corrected chi connectivity index (χ4v) is 7.97. The second-order valence-corrected chi connectivity index (χ2v) is 13.0. The SMILES string of the molecule is CCOC(=O)c1cc2c([C@@H]3C[C@@]34C(=O)N(C3CC3)c3ccccc34)cn(C)c(=O)c2n1S(=O)(=O)c1ccc(C)cc1. The highest BCUT2D eigenvalue weighted by Crippen LogP contribution is 2.67. The van der Waals surface area contributed by atoms with Gasteiger partial charge in [0.25, 0.3) is 15.6 Å². The Labute approximate surface area is 237 Å². The Morgan fingerprint density at radius 2 is 1.78 bits per heavy atom. The Kier molecular flexibility index (Phi) is 5.44. The molecule has 0 unspecified atom stereocenters. The van der Waals surface area contributed by atoms with Crippen LogP contribution in [0.1, 0.15) is 59.3 Å². The third kappa shape index (κ3) is 3.52. The summed E-state index contributed by atoms with van der Waals surface area (Å²) in [5, 5.41) is 0.337. The molecule has 2 aromatic carbocycles. The van der Waals surface area contributed by atoms with E-state index < -0.39 is 27.0 Å². The number of aryl methyl sites for hydroxylation is 2. The van der Waals surface area contributed by atoms with E-state index in [1.807, 2.05) is 36.1 Å². The summed E-state index contributed by atoms with van der Waals surface area (Å²) in [7, 11) is -2.81. The Morgan fingerprint density at radius 3 is 2.46 bits per heavy atom. The van der Waals surface area contributed by atoms with Crippen LogP contribution in [0.3, 0.4) is 0 Å². The van der Waals surface area contributed by atoms with E-state index in [1.54, 1.807) is 32.3 Å². The number of benzene rings is 2. The van der Waals surface area contributed by atoms with E-state index in [1.165, 1.54) is 22.8 Å². The second-order valence-electron chi connectivity index (χ2n) is 11.2. The molecule has 0 saturated heterocycles. The number of nitrogens with zero attached hydrogens (tertiary/aromatic N) is 3. The van der Waals surface area contributed by atoms with E-state index in [0.717, 1.165) is 33.6 Å². The molecule has 3 aliphatic rings. The maximum absolute atomic E-state index is 14.0. The Bertz CT molecular complexity index is 1950. The number of esters is 1. The molecule has 3 heterocycles. The minimum atomic E-state index is -4.37. The molecule has 210 valence electrons. The van der Waals surface area contributed by atoms with Gasteiger partial charge in [-0.1, -0.05) is 35.9 Å². The zero-order valence-corrected chi connectivity index (χ0v) is 23.8. The highest BCUT2D eigenvalue weighted by atomic mass is 32.2. The molecular formula is C31H29N3O6S. The number of para-hydroxylation sites is 1. The van der Waals surface area contributed by atoms with Crippen molar-refractivity contribution in [2.45, 2.75) is 55.4 Å². The molecule has 0 N–H and O–H groups in total. The highest BCUT2D eigenvalue weighted by Gasteiger charge is 2.68. The number of hydrogen-bond acceptors (Lipinski definition) is 6. The number of rotatable bonds is 6. The monoisotopic (exact) mass is 571 g/mol. The number of ether oxygens (including phenoxy) is 1. The molecule has 0 radical (unpaired) electrons. The van der Waals surface area contributed by atoms with E-state index in [-0.39, 0.29) is 40.6 Å². The van der Waals surface area contributed by atoms with Gasteiger partial charge in [-0.05, 0) is 68.5 Å². The lowest BCUT2D eigenvalue weighted by Gasteiger charge is -2.17. The number of pyridine rings is 1. The van der Waals surface area contributed by atoms with Crippen LogP contribution in [-0.4, -0.2) is 41.5 Å². The quantitative estimate of drug-likeness (QED) is 0.324. The zero-order valence-electron chi connectivity index (χ0n) is 23.0. The van der Waals surface area contributed by atoms with E-state index in [4.69, 9.17) is 4.74 Å². The van der Waals surface area contributed by atoms with Crippen molar-refractivity contribution in [1.82, 2.24) is 8.54 Å². The van der Waals surface area contributed by atoms with Gasteiger partial charge in [-0.3, -0.25) is 9.59 Å². The van der Waals surface area contributed by atoms with Crippen molar-refractivity contribution in [1.29, 1.82) is 0 Å². The summed E-state index contributed by atoms with van der Waals surface area (Å²) in [4.78, 5) is 42.7. The van der Waals surface area contributed by atoms with Gasteiger partial charge >= 0.3 is 5.97 Å². The van der Waals surface area contributed by atoms with Crippen molar-refractivity contribution < 1.29 is 22.7 Å². The average molecular weight is 572 g/mol. The van der Waals surface area contributed by atoms with Crippen LogP contribution in [0.4, 0.5) is 5.69 Å². The summed E-state index contributed by atoms with van der Waals surface area (Å²) in [6.45, 7) is 3.50. The summed E-state index contributed by atoms with van der Waals surface area (Å²) >= 11 is 0. The first-order valence-electron chi connectivity index (χ1n) is 13.8. The lowest BCUT2D eigenvalue weighted by molar-refractivity contribution is -0.120. The molecule has 10 heteroatoms. The lowest BCUT2D eigenvalue weighted by atomic mass is 9.91.